The standard InChI is InChI=1S/C15H13BrN2O3S2/c16-10-2-1-3-11(8-10)18-23(20,21)12-4-5-14-13(9-12)17-15(19)6-7-22-14/h1-5,8-9,18H,6-7H2,(H,17,19). The van der Waals surface area contributed by atoms with Crippen molar-refractivity contribution in [3.63, 3.8) is 0 Å². The number of hydrogen-bond donors (Lipinski definition) is 2. The Balaban J connectivity index is 1.93. The lowest BCUT2D eigenvalue weighted by Gasteiger charge is -2.11. The van der Waals surface area contributed by atoms with E-state index < -0.39 is 10.0 Å². The fourth-order valence-electron chi connectivity index (χ4n) is 2.13. The minimum Gasteiger partial charge on any atom is -0.325 e. The van der Waals surface area contributed by atoms with Crippen LogP contribution in [0.4, 0.5) is 11.4 Å². The van der Waals surface area contributed by atoms with Gasteiger partial charge < -0.3 is 5.32 Å². The zero-order valence-electron chi connectivity index (χ0n) is 11.9. The Morgan fingerprint density at radius 1 is 1.17 bits per heavy atom. The number of thioether (sulfide) groups is 1. The second kappa shape index (κ2) is 6.54. The fraction of sp³-hybridized carbons (Fsp3) is 0.133. The number of carbonyl (C=O) groups excluding carboxylic acids is 1. The highest BCUT2D eigenvalue weighted by Crippen LogP contribution is 2.33. The summed E-state index contributed by atoms with van der Waals surface area (Å²) in [5.74, 6) is 0.576. The molecule has 2 aromatic carbocycles. The number of amides is 1. The van der Waals surface area contributed by atoms with Gasteiger partial charge in [-0.3, -0.25) is 9.52 Å². The molecule has 3 rings (SSSR count). The van der Waals surface area contributed by atoms with E-state index in [1.54, 1.807) is 30.3 Å². The van der Waals surface area contributed by atoms with Gasteiger partial charge in [-0.05, 0) is 36.4 Å². The van der Waals surface area contributed by atoms with Crippen molar-refractivity contribution in [2.75, 3.05) is 15.8 Å². The van der Waals surface area contributed by atoms with E-state index in [1.807, 2.05) is 6.07 Å². The van der Waals surface area contributed by atoms with E-state index in [0.29, 0.717) is 23.5 Å². The molecule has 2 N–H and O–H groups in total. The van der Waals surface area contributed by atoms with Gasteiger partial charge in [0, 0.05) is 27.2 Å². The van der Waals surface area contributed by atoms with Crippen LogP contribution in [-0.2, 0) is 14.8 Å². The van der Waals surface area contributed by atoms with Crippen molar-refractivity contribution in [3.8, 4) is 0 Å². The van der Waals surface area contributed by atoms with E-state index >= 15 is 0 Å². The Hall–Kier alpha value is -1.51. The third-order valence-corrected chi connectivity index (χ3v) is 6.15. The molecule has 0 saturated heterocycles. The zero-order valence-corrected chi connectivity index (χ0v) is 15.1. The van der Waals surface area contributed by atoms with Gasteiger partial charge in [0.15, 0.2) is 0 Å². The Morgan fingerprint density at radius 3 is 2.78 bits per heavy atom. The SMILES string of the molecule is O=C1CCSc2ccc(S(=O)(=O)Nc3cccc(Br)c3)cc2N1. The average Bonchev–Trinajstić information content (AvgIpc) is 2.66. The van der Waals surface area contributed by atoms with Crippen LogP contribution in [0.5, 0.6) is 0 Å². The Morgan fingerprint density at radius 2 is 2.00 bits per heavy atom. The largest absolute Gasteiger partial charge is 0.325 e. The van der Waals surface area contributed by atoms with Crippen LogP contribution in [0.2, 0.25) is 0 Å². The second-order valence-corrected chi connectivity index (χ2v) is 8.66. The maximum atomic E-state index is 12.5. The number of nitrogens with one attached hydrogen (secondary N) is 2. The van der Waals surface area contributed by atoms with Crippen LogP contribution in [-0.4, -0.2) is 20.1 Å². The summed E-state index contributed by atoms with van der Waals surface area (Å²) in [4.78, 5) is 12.6. The number of rotatable bonds is 3. The first-order valence-electron chi connectivity index (χ1n) is 6.79. The number of anilines is 2. The molecular weight excluding hydrogens is 400 g/mol. The van der Waals surface area contributed by atoms with Crippen LogP contribution < -0.4 is 10.0 Å². The van der Waals surface area contributed by atoms with Gasteiger partial charge in [0.2, 0.25) is 5.91 Å². The van der Waals surface area contributed by atoms with Gasteiger partial charge in [-0.25, -0.2) is 8.42 Å². The highest BCUT2D eigenvalue weighted by atomic mass is 79.9. The fourth-order valence-corrected chi connectivity index (χ4v) is 4.54. The molecular formula is C15H13BrN2O3S2. The van der Waals surface area contributed by atoms with Crippen LogP contribution >= 0.6 is 27.7 Å². The van der Waals surface area contributed by atoms with Crippen LogP contribution in [0.25, 0.3) is 0 Å². The van der Waals surface area contributed by atoms with Crippen molar-refractivity contribution in [1.82, 2.24) is 0 Å². The molecule has 0 fully saturated rings. The molecule has 0 unspecified atom stereocenters. The van der Waals surface area contributed by atoms with Crippen LogP contribution in [0, 0.1) is 0 Å². The van der Waals surface area contributed by atoms with Crippen molar-refractivity contribution in [3.05, 3.63) is 46.9 Å². The maximum Gasteiger partial charge on any atom is 0.261 e. The first-order valence-corrected chi connectivity index (χ1v) is 10.1. The number of benzene rings is 2. The molecule has 1 heterocycles. The molecule has 120 valence electrons. The van der Waals surface area contributed by atoms with Gasteiger partial charge in [0.25, 0.3) is 10.0 Å². The van der Waals surface area contributed by atoms with E-state index in [1.165, 1.54) is 17.8 Å². The lowest BCUT2D eigenvalue weighted by Crippen LogP contribution is -2.14. The van der Waals surface area contributed by atoms with Crippen molar-refractivity contribution < 1.29 is 13.2 Å². The summed E-state index contributed by atoms with van der Waals surface area (Å²) in [6.07, 6.45) is 0.414. The molecule has 2 aromatic rings. The van der Waals surface area contributed by atoms with Gasteiger partial charge in [-0.2, -0.15) is 0 Å². The zero-order chi connectivity index (χ0) is 16.4. The number of sulfonamides is 1. The van der Waals surface area contributed by atoms with E-state index in [0.717, 1.165) is 9.37 Å². The molecule has 0 atom stereocenters. The van der Waals surface area contributed by atoms with Crippen molar-refractivity contribution >= 4 is 55.0 Å². The number of carbonyl (C=O) groups is 1. The molecule has 0 spiro atoms. The summed E-state index contributed by atoms with van der Waals surface area (Å²) in [5, 5.41) is 2.75. The van der Waals surface area contributed by atoms with Crippen molar-refractivity contribution in [2.24, 2.45) is 0 Å². The Kier molecular flexibility index (Phi) is 4.65. The Bertz CT molecular complexity index is 869. The molecule has 1 aliphatic rings. The molecule has 0 bridgehead atoms. The topological polar surface area (TPSA) is 75.3 Å². The smallest absolute Gasteiger partial charge is 0.261 e. The number of hydrogen-bond acceptors (Lipinski definition) is 4. The normalized spacial score (nSPS) is 14.6. The maximum absolute atomic E-state index is 12.5. The predicted molar refractivity (Wildman–Crippen MR) is 95.4 cm³/mol. The van der Waals surface area contributed by atoms with Crippen LogP contribution in [0.1, 0.15) is 6.42 Å². The van der Waals surface area contributed by atoms with E-state index in [2.05, 4.69) is 26.0 Å². The van der Waals surface area contributed by atoms with E-state index in [9.17, 15) is 13.2 Å². The molecule has 8 heteroatoms. The summed E-state index contributed by atoms with van der Waals surface area (Å²) in [7, 11) is -3.72. The molecule has 0 radical (unpaired) electrons. The van der Waals surface area contributed by atoms with Gasteiger partial charge in [0.1, 0.15) is 0 Å². The third kappa shape index (κ3) is 3.88. The van der Waals surface area contributed by atoms with Crippen LogP contribution in [0.3, 0.4) is 0 Å². The predicted octanol–water partition coefficient (Wildman–Crippen LogP) is 3.68. The van der Waals surface area contributed by atoms with Gasteiger partial charge in [0.05, 0.1) is 10.6 Å². The summed E-state index contributed by atoms with van der Waals surface area (Å²) in [6.45, 7) is 0. The molecule has 0 saturated carbocycles. The quantitative estimate of drug-likeness (QED) is 0.805. The summed E-state index contributed by atoms with van der Waals surface area (Å²) in [6, 6.07) is 11.7. The van der Waals surface area contributed by atoms with E-state index in [-0.39, 0.29) is 10.8 Å². The average molecular weight is 413 g/mol. The molecule has 0 aromatic heterocycles. The summed E-state index contributed by atoms with van der Waals surface area (Å²) in [5.41, 5.74) is 1.00. The lowest BCUT2D eigenvalue weighted by molar-refractivity contribution is -0.115. The third-order valence-electron chi connectivity index (χ3n) is 3.20. The summed E-state index contributed by atoms with van der Waals surface area (Å²) < 4.78 is 28.4. The molecule has 23 heavy (non-hydrogen) atoms. The first kappa shape index (κ1) is 16.4. The number of fused-ring (bicyclic) bond motifs is 1. The van der Waals surface area contributed by atoms with Crippen LogP contribution in [0.15, 0.2) is 56.7 Å². The highest BCUT2D eigenvalue weighted by Gasteiger charge is 2.19. The molecule has 1 amide bonds. The monoisotopic (exact) mass is 412 g/mol. The Labute approximate surface area is 147 Å². The highest BCUT2D eigenvalue weighted by molar-refractivity contribution is 9.10. The number of halogens is 1. The van der Waals surface area contributed by atoms with Crippen molar-refractivity contribution in [1.29, 1.82) is 0 Å². The second-order valence-electron chi connectivity index (χ2n) is 4.92. The van der Waals surface area contributed by atoms with Gasteiger partial charge in [-0.15, -0.1) is 11.8 Å². The van der Waals surface area contributed by atoms with Crippen molar-refractivity contribution in [2.45, 2.75) is 16.2 Å². The molecule has 1 aliphatic heterocycles. The van der Waals surface area contributed by atoms with Gasteiger partial charge in [-0.1, -0.05) is 22.0 Å². The van der Waals surface area contributed by atoms with Gasteiger partial charge >= 0.3 is 0 Å². The minimum absolute atomic E-state index is 0.106. The molecule has 5 nitrogen and oxygen atoms in total. The van der Waals surface area contributed by atoms with E-state index in [4.69, 9.17) is 0 Å². The first-order chi connectivity index (χ1) is 10.9. The minimum atomic E-state index is -3.72. The molecule has 0 aliphatic carbocycles. The lowest BCUT2D eigenvalue weighted by atomic mass is 10.3. The summed E-state index contributed by atoms with van der Waals surface area (Å²) >= 11 is 4.84.